The summed E-state index contributed by atoms with van der Waals surface area (Å²) in [5.41, 5.74) is 4.35. The summed E-state index contributed by atoms with van der Waals surface area (Å²) in [4.78, 5) is 29.1. The van der Waals surface area contributed by atoms with E-state index in [-0.39, 0.29) is 11.3 Å². The molecule has 0 radical (unpaired) electrons. The summed E-state index contributed by atoms with van der Waals surface area (Å²) in [5, 5.41) is 13.1. The van der Waals surface area contributed by atoms with Gasteiger partial charge in [0.2, 0.25) is 0 Å². The number of hydrogen-bond acceptors (Lipinski definition) is 6. The molecule has 0 unspecified atom stereocenters. The van der Waals surface area contributed by atoms with Crippen LogP contribution in [0.4, 0.5) is 21.5 Å². The molecule has 0 bridgehead atoms. The number of halogens is 1. The van der Waals surface area contributed by atoms with E-state index in [4.69, 9.17) is 5.73 Å². The van der Waals surface area contributed by atoms with Crippen LogP contribution in [0.5, 0.6) is 0 Å². The van der Waals surface area contributed by atoms with Crippen molar-refractivity contribution in [3.63, 3.8) is 0 Å². The van der Waals surface area contributed by atoms with Gasteiger partial charge in [-0.3, -0.25) is 14.9 Å². The summed E-state index contributed by atoms with van der Waals surface area (Å²) in [7, 11) is 0. The van der Waals surface area contributed by atoms with Gasteiger partial charge >= 0.3 is 0 Å². The van der Waals surface area contributed by atoms with E-state index < -0.39 is 28.0 Å². The first-order valence-electron chi connectivity index (χ1n) is 5.29. The Hall–Kier alpha value is -3.10. The lowest BCUT2D eigenvalue weighted by Gasteiger charge is -2.07. The van der Waals surface area contributed by atoms with Crippen LogP contribution in [-0.2, 0) is 0 Å². The summed E-state index contributed by atoms with van der Waals surface area (Å²) in [5.74, 6) is -1.72. The van der Waals surface area contributed by atoms with Gasteiger partial charge in [-0.05, 0) is 6.07 Å². The molecule has 9 heteroatoms. The van der Waals surface area contributed by atoms with Gasteiger partial charge in [-0.1, -0.05) is 0 Å². The molecule has 0 saturated heterocycles. The third-order valence-electron chi connectivity index (χ3n) is 2.38. The maximum atomic E-state index is 13.3. The Morgan fingerprint density at radius 2 is 2.00 bits per heavy atom. The molecule has 0 aliphatic rings. The zero-order chi connectivity index (χ0) is 14.7. The first-order valence-corrected chi connectivity index (χ1v) is 5.29. The Labute approximate surface area is 111 Å². The molecular weight excluding hydrogens is 269 g/mol. The van der Waals surface area contributed by atoms with Crippen LogP contribution in [0.3, 0.4) is 0 Å². The van der Waals surface area contributed by atoms with Gasteiger partial charge < -0.3 is 11.1 Å². The molecule has 1 aromatic carbocycles. The number of nitro benzene ring substituents is 1. The second kappa shape index (κ2) is 5.26. The fourth-order valence-electron chi connectivity index (χ4n) is 1.50. The van der Waals surface area contributed by atoms with Gasteiger partial charge in [0.15, 0.2) is 0 Å². The van der Waals surface area contributed by atoms with E-state index in [2.05, 4.69) is 15.3 Å². The number of nitrogens with zero attached hydrogens (tertiary/aromatic N) is 3. The molecule has 8 nitrogen and oxygen atoms in total. The van der Waals surface area contributed by atoms with Crippen LogP contribution >= 0.6 is 0 Å². The van der Waals surface area contributed by atoms with Crippen LogP contribution in [0.1, 0.15) is 10.4 Å². The molecule has 20 heavy (non-hydrogen) atoms. The quantitative estimate of drug-likeness (QED) is 0.495. The van der Waals surface area contributed by atoms with Crippen molar-refractivity contribution in [1.29, 1.82) is 0 Å². The minimum atomic E-state index is -0.930. The number of nitrogen functional groups attached to an aromatic ring is 1. The summed E-state index contributed by atoms with van der Waals surface area (Å²) in [6, 6.07) is 1.47. The minimum Gasteiger partial charge on any atom is -0.393 e. The van der Waals surface area contributed by atoms with Gasteiger partial charge in [0, 0.05) is 0 Å². The lowest BCUT2D eigenvalue weighted by atomic mass is 10.1. The van der Waals surface area contributed by atoms with Crippen LogP contribution in [0.2, 0.25) is 0 Å². The zero-order valence-corrected chi connectivity index (χ0v) is 9.91. The van der Waals surface area contributed by atoms with Crippen molar-refractivity contribution < 1.29 is 14.1 Å². The molecule has 3 N–H and O–H groups in total. The molecule has 0 spiro atoms. The van der Waals surface area contributed by atoms with Gasteiger partial charge in [-0.2, -0.15) is 0 Å². The van der Waals surface area contributed by atoms with E-state index in [0.29, 0.717) is 6.07 Å². The smallest absolute Gasteiger partial charge is 0.295 e. The molecule has 1 aromatic heterocycles. The van der Waals surface area contributed by atoms with Crippen LogP contribution < -0.4 is 11.1 Å². The molecule has 0 atom stereocenters. The highest BCUT2D eigenvalue weighted by Crippen LogP contribution is 2.27. The predicted molar refractivity (Wildman–Crippen MR) is 67.5 cm³/mol. The summed E-state index contributed by atoms with van der Waals surface area (Å²) in [6.45, 7) is 0. The number of nitrogens with two attached hydrogens (primary N) is 1. The number of hydrogen-bond donors (Lipinski definition) is 2. The van der Waals surface area contributed by atoms with Crippen molar-refractivity contribution in [2.75, 3.05) is 11.1 Å². The Balaban J connectivity index is 2.37. The third-order valence-corrected chi connectivity index (χ3v) is 2.38. The molecule has 0 saturated carbocycles. The molecule has 0 fully saturated rings. The van der Waals surface area contributed by atoms with E-state index >= 15 is 0 Å². The molecule has 1 amide bonds. The van der Waals surface area contributed by atoms with Crippen molar-refractivity contribution in [3.05, 3.63) is 52.3 Å². The van der Waals surface area contributed by atoms with Crippen LogP contribution in [0, 0.1) is 15.9 Å². The molecule has 0 aliphatic heterocycles. The fraction of sp³-hybridized carbons (Fsp3) is 0. The third kappa shape index (κ3) is 2.66. The highest BCUT2D eigenvalue weighted by molar-refractivity contribution is 6.08. The Morgan fingerprint density at radius 1 is 1.35 bits per heavy atom. The van der Waals surface area contributed by atoms with E-state index in [9.17, 15) is 19.3 Å². The Kier molecular flexibility index (Phi) is 3.51. The number of nitrogens with one attached hydrogen (secondary N) is 1. The second-order valence-corrected chi connectivity index (χ2v) is 3.72. The van der Waals surface area contributed by atoms with Crippen molar-refractivity contribution in [3.8, 4) is 0 Å². The van der Waals surface area contributed by atoms with Crippen molar-refractivity contribution in [1.82, 2.24) is 9.97 Å². The monoisotopic (exact) mass is 277 g/mol. The number of amides is 1. The van der Waals surface area contributed by atoms with Crippen molar-refractivity contribution in [2.45, 2.75) is 0 Å². The number of carbonyl (C=O) groups is 1. The number of carbonyl (C=O) groups excluding carboxylic acids is 1. The van der Waals surface area contributed by atoms with E-state index in [0.717, 1.165) is 6.07 Å². The van der Waals surface area contributed by atoms with Gasteiger partial charge in [0.25, 0.3) is 11.6 Å². The Morgan fingerprint density at radius 3 is 2.60 bits per heavy atom. The summed E-state index contributed by atoms with van der Waals surface area (Å²) < 4.78 is 13.3. The number of rotatable bonds is 3. The van der Waals surface area contributed by atoms with E-state index in [1.807, 2.05) is 0 Å². The molecule has 2 rings (SSSR count). The maximum Gasteiger partial charge on any atom is 0.295 e. The lowest BCUT2D eigenvalue weighted by molar-refractivity contribution is -0.384. The molecular formula is C11H8FN5O3. The van der Waals surface area contributed by atoms with Gasteiger partial charge in [0.05, 0.1) is 34.6 Å². The second-order valence-electron chi connectivity index (χ2n) is 3.72. The molecule has 1 heterocycles. The number of aromatic nitrogens is 2. The number of benzene rings is 1. The zero-order valence-electron chi connectivity index (χ0n) is 9.91. The van der Waals surface area contributed by atoms with Crippen LogP contribution in [0.25, 0.3) is 0 Å². The number of anilines is 2. The van der Waals surface area contributed by atoms with Crippen LogP contribution in [0.15, 0.2) is 30.9 Å². The summed E-state index contributed by atoms with van der Waals surface area (Å²) >= 11 is 0. The van der Waals surface area contributed by atoms with E-state index in [1.54, 1.807) is 0 Å². The Bertz CT molecular complexity index is 677. The number of nitro groups is 1. The maximum absolute atomic E-state index is 13.3. The van der Waals surface area contributed by atoms with Gasteiger partial charge in [0.1, 0.15) is 17.8 Å². The average molecular weight is 277 g/mol. The first kappa shape index (κ1) is 13.3. The minimum absolute atomic E-state index is 0.254. The highest BCUT2D eigenvalue weighted by atomic mass is 19.1. The van der Waals surface area contributed by atoms with Gasteiger partial charge in [-0.25, -0.2) is 14.4 Å². The average Bonchev–Trinajstić information content (AvgIpc) is 2.41. The SMILES string of the molecule is Nc1c(C(=O)Nc2cncnc2)cc(F)cc1[N+](=O)[O-]. The fourth-order valence-corrected chi connectivity index (χ4v) is 1.50. The first-order chi connectivity index (χ1) is 9.49. The highest BCUT2D eigenvalue weighted by Gasteiger charge is 2.21. The van der Waals surface area contributed by atoms with Crippen molar-refractivity contribution in [2.24, 2.45) is 0 Å². The van der Waals surface area contributed by atoms with E-state index in [1.165, 1.54) is 18.7 Å². The lowest BCUT2D eigenvalue weighted by Crippen LogP contribution is -2.15. The largest absolute Gasteiger partial charge is 0.393 e. The van der Waals surface area contributed by atoms with Gasteiger partial charge in [-0.15, -0.1) is 0 Å². The molecule has 102 valence electrons. The molecule has 2 aromatic rings. The van der Waals surface area contributed by atoms with Crippen LogP contribution in [-0.4, -0.2) is 20.8 Å². The normalized spacial score (nSPS) is 10.1. The predicted octanol–water partition coefficient (Wildman–Crippen LogP) is 1.36. The standard InChI is InChI=1S/C11H8FN5O3/c12-6-1-8(10(13)9(2-6)17(19)20)11(18)16-7-3-14-5-15-4-7/h1-5H,13H2,(H,16,18). The summed E-state index contributed by atoms with van der Waals surface area (Å²) in [6.07, 6.45) is 3.89. The van der Waals surface area contributed by atoms with Crippen molar-refractivity contribution >= 4 is 23.0 Å². The molecule has 0 aliphatic carbocycles. The topological polar surface area (TPSA) is 124 Å².